The van der Waals surface area contributed by atoms with Crippen LogP contribution in [0.3, 0.4) is 0 Å². The van der Waals surface area contributed by atoms with E-state index < -0.39 is 0 Å². The van der Waals surface area contributed by atoms with Gasteiger partial charge in [-0.2, -0.15) is 11.8 Å². The number of halogens is 3. The fourth-order valence-electron chi connectivity index (χ4n) is 1.80. The van der Waals surface area contributed by atoms with E-state index in [4.69, 9.17) is 11.6 Å². The van der Waals surface area contributed by atoms with E-state index in [0.717, 1.165) is 9.32 Å². The van der Waals surface area contributed by atoms with E-state index in [1.54, 1.807) is 36.0 Å². The van der Waals surface area contributed by atoms with Gasteiger partial charge in [0.05, 0.1) is 5.56 Å². The van der Waals surface area contributed by atoms with Crippen molar-refractivity contribution in [1.29, 1.82) is 0 Å². The van der Waals surface area contributed by atoms with Crippen LogP contribution in [-0.2, 0) is 5.75 Å². The molecule has 0 bridgehead atoms. The quantitative estimate of drug-likeness (QED) is 0.509. The van der Waals surface area contributed by atoms with E-state index >= 15 is 0 Å². The fraction of sp³-hybridized carbons (Fsp3) is 0.188. The standard InChI is InChI=1S/C16H14ClFINOS/c17-12-5-6-15(19)13(9-12)16(21)20-7-8-22-10-11-3-1-2-4-14(11)18/h1-6,9H,7-8,10H2,(H,20,21). The van der Waals surface area contributed by atoms with E-state index in [1.807, 2.05) is 12.1 Å². The lowest BCUT2D eigenvalue weighted by atomic mass is 10.2. The van der Waals surface area contributed by atoms with Gasteiger partial charge in [-0.25, -0.2) is 4.39 Å². The molecule has 0 saturated carbocycles. The number of thioether (sulfide) groups is 1. The molecule has 0 spiro atoms. The van der Waals surface area contributed by atoms with Crippen molar-refractivity contribution in [3.05, 3.63) is 68.0 Å². The molecule has 0 saturated heterocycles. The number of carbonyl (C=O) groups excluding carboxylic acids is 1. The Morgan fingerprint density at radius 1 is 1.27 bits per heavy atom. The third-order valence-electron chi connectivity index (χ3n) is 2.92. The lowest BCUT2D eigenvalue weighted by Gasteiger charge is -2.07. The minimum absolute atomic E-state index is 0.140. The number of hydrogen-bond donors (Lipinski definition) is 1. The fourth-order valence-corrected chi connectivity index (χ4v) is 3.40. The molecule has 22 heavy (non-hydrogen) atoms. The summed E-state index contributed by atoms with van der Waals surface area (Å²) in [4.78, 5) is 12.1. The molecule has 0 unspecified atom stereocenters. The van der Waals surface area contributed by atoms with Crippen molar-refractivity contribution in [3.63, 3.8) is 0 Å². The van der Waals surface area contributed by atoms with Gasteiger partial charge in [0.1, 0.15) is 5.82 Å². The van der Waals surface area contributed by atoms with Crippen LogP contribution < -0.4 is 5.32 Å². The van der Waals surface area contributed by atoms with Gasteiger partial charge in [-0.05, 0) is 52.4 Å². The van der Waals surface area contributed by atoms with E-state index in [-0.39, 0.29) is 11.7 Å². The summed E-state index contributed by atoms with van der Waals surface area (Å²) in [7, 11) is 0. The molecule has 2 nitrogen and oxygen atoms in total. The van der Waals surface area contributed by atoms with E-state index in [9.17, 15) is 9.18 Å². The number of rotatable bonds is 6. The molecule has 0 aliphatic rings. The van der Waals surface area contributed by atoms with Crippen molar-refractivity contribution >= 4 is 51.9 Å². The van der Waals surface area contributed by atoms with Crippen molar-refractivity contribution in [2.45, 2.75) is 5.75 Å². The maximum absolute atomic E-state index is 13.4. The van der Waals surface area contributed by atoms with Crippen LogP contribution in [0.4, 0.5) is 4.39 Å². The second-order valence-corrected chi connectivity index (χ2v) is 7.23. The molecule has 116 valence electrons. The summed E-state index contributed by atoms with van der Waals surface area (Å²) in [5.74, 6) is 0.986. The molecular formula is C16H14ClFINOS. The summed E-state index contributed by atoms with van der Waals surface area (Å²) in [6, 6.07) is 12.0. The van der Waals surface area contributed by atoms with Gasteiger partial charge >= 0.3 is 0 Å². The molecule has 0 aromatic heterocycles. The predicted octanol–water partition coefficient (Wildman–Crippen LogP) is 4.75. The topological polar surface area (TPSA) is 29.1 Å². The molecule has 2 aromatic carbocycles. The van der Waals surface area contributed by atoms with Crippen LogP contribution in [0.25, 0.3) is 0 Å². The molecule has 0 aliphatic carbocycles. The van der Waals surface area contributed by atoms with Crippen molar-refractivity contribution in [2.75, 3.05) is 12.3 Å². The van der Waals surface area contributed by atoms with Crippen molar-refractivity contribution in [2.24, 2.45) is 0 Å². The number of nitrogens with one attached hydrogen (secondary N) is 1. The minimum atomic E-state index is -0.187. The van der Waals surface area contributed by atoms with Gasteiger partial charge in [0, 0.05) is 26.6 Å². The van der Waals surface area contributed by atoms with Crippen molar-refractivity contribution in [1.82, 2.24) is 5.32 Å². The van der Waals surface area contributed by atoms with Gasteiger partial charge in [-0.15, -0.1) is 0 Å². The molecule has 6 heteroatoms. The van der Waals surface area contributed by atoms with E-state index in [0.29, 0.717) is 28.4 Å². The summed E-state index contributed by atoms with van der Waals surface area (Å²) in [5, 5.41) is 3.39. The van der Waals surface area contributed by atoms with Crippen molar-refractivity contribution < 1.29 is 9.18 Å². The number of benzene rings is 2. The molecule has 2 rings (SSSR count). The van der Waals surface area contributed by atoms with Crippen LogP contribution >= 0.6 is 46.0 Å². The van der Waals surface area contributed by atoms with Crippen LogP contribution in [0.1, 0.15) is 15.9 Å². The Bertz CT molecular complexity index is 668. The zero-order valence-corrected chi connectivity index (χ0v) is 15.3. The van der Waals surface area contributed by atoms with Gasteiger partial charge in [0.25, 0.3) is 5.91 Å². The second kappa shape index (κ2) is 8.74. The maximum atomic E-state index is 13.4. The Morgan fingerprint density at radius 2 is 2.05 bits per heavy atom. The summed E-state index contributed by atoms with van der Waals surface area (Å²) in [5.41, 5.74) is 1.26. The number of hydrogen-bond acceptors (Lipinski definition) is 2. The molecule has 0 heterocycles. The Morgan fingerprint density at radius 3 is 2.82 bits per heavy atom. The molecular weight excluding hydrogens is 436 g/mol. The third-order valence-corrected chi connectivity index (χ3v) is 5.10. The van der Waals surface area contributed by atoms with Crippen molar-refractivity contribution in [3.8, 4) is 0 Å². The van der Waals surface area contributed by atoms with Gasteiger partial charge < -0.3 is 5.32 Å². The third kappa shape index (κ3) is 5.14. The van der Waals surface area contributed by atoms with Gasteiger partial charge in [0.15, 0.2) is 0 Å². The van der Waals surface area contributed by atoms with Crippen LogP contribution in [0.5, 0.6) is 0 Å². The summed E-state index contributed by atoms with van der Waals surface area (Å²) < 4.78 is 14.3. The monoisotopic (exact) mass is 449 g/mol. The average Bonchev–Trinajstić information content (AvgIpc) is 2.51. The highest BCUT2D eigenvalue weighted by atomic mass is 127. The Kier molecular flexibility index (Phi) is 6.98. The van der Waals surface area contributed by atoms with Crippen LogP contribution in [0.2, 0.25) is 5.02 Å². The van der Waals surface area contributed by atoms with Crippen LogP contribution in [-0.4, -0.2) is 18.2 Å². The first kappa shape index (κ1) is 17.6. The molecule has 0 radical (unpaired) electrons. The number of amides is 1. The summed E-state index contributed by atoms with van der Waals surface area (Å²) in [6.45, 7) is 0.528. The summed E-state index contributed by atoms with van der Waals surface area (Å²) in [6.07, 6.45) is 0. The van der Waals surface area contributed by atoms with Crippen LogP contribution in [0.15, 0.2) is 42.5 Å². The molecule has 2 aromatic rings. The first-order valence-corrected chi connectivity index (χ1v) is 9.23. The SMILES string of the molecule is O=C(NCCSCc1ccccc1F)c1cc(Cl)ccc1I. The molecule has 1 amide bonds. The van der Waals surface area contributed by atoms with E-state index in [1.165, 1.54) is 6.07 Å². The second-order valence-electron chi connectivity index (χ2n) is 4.52. The first-order valence-electron chi connectivity index (χ1n) is 6.62. The minimum Gasteiger partial charge on any atom is -0.351 e. The normalized spacial score (nSPS) is 10.5. The molecule has 0 aliphatic heterocycles. The zero-order chi connectivity index (χ0) is 15.9. The van der Waals surface area contributed by atoms with E-state index in [2.05, 4.69) is 27.9 Å². The zero-order valence-electron chi connectivity index (χ0n) is 11.6. The Balaban J connectivity index is 1.76. The Hall–Kier alpha value is -0.790. The largest absolute Gasteiger partial charge is 0.351 e. The lowest BCUT2D eigenvalue weighted by Crippen LogP contribution is -2.26. The number of carbonyl (C=O) groups is 1. The van der Waals surface area contributed by atoms with Crippen LogP contribution in [0, 0.1) is 9.39 Å². The Labute approximate surface area is 152 Å². The average molecular weight is 450 g/mol. The highest BCUT2D eigenvalue weighted by Gasteiger charge is 2.10. The van der Waals surface area contributed by atoms with Gasteiger partial charge in [0.2, 0.25) is 0 Å². The summed E-state index contributed by atoms with van der Waals surface area (Å²) >= 11 is 9.59. The lowest BCUT2D eigenvalue weighted by molar-refractivity contribution is 0.0955. The van der Waals surface area contributed by atoms with Gasteiger partial charge in [-0.3, -0.25) is 4.79 Å². The first-order chi connectivity index (χ1) is 10.6. The molecule has 0 fully saturated rings. The smallest absolute Gasteiger partial charge is 0.252 e. The maximum Gasteiger partial charge on any atom is 0.252 e. The predicted molar refractivity (Wildman–Crippen MR) is 99.1 cm³/mol. The highest BCUT2D eigenvalue weighted by molar-refractivity contribution is 14.1. The molecule has 1 N–H and O–H groups in total. The highest BCUT2D eigenvalue weighted by Crippen LogP contribution is 2.18. The van der Waals surface area contributed by atoms with Gasteiger partial charge in [-0.1, -0.05) is 29.8 Å². The molecule has 0 atom stereocenters.